The maximum Gasteiger partial charge on any atom is 0.306 e. The van der Waals surface area contributed by atoms with Crippen molar-refractivity contribution in [2.45, 2.75) is 170 Å². The Morgan fingerprint density at radius 1 is 0.820 bits per heavy atom. The Hall–Kier alpha value is -2.09. The molecule has 0 bridgehead atoms. The van der Waals surface area contributed by atoms with E-state index in [9.17, 15) is 4.79 Å². The zero-order valence-electron chi connectivity index (χ0n) is 33.5. The highest BCUT2D eigenvalue weighted by Gasteiger charge is 2.59. The molecule has 4 aliphatic rings. The molecule has 0 aromatic heterocycles. The van der Waals surface area contributed by atoms with Gasteiger partial charge in [-0.3, -0.25) is 4.79 Å². The lowest BCUT2D eigenvalue weighted by atomic mass is 9.47. The van der Waals surface area contributed by atoms with Crippen molar-refractivity contribution in [3.05, 3.63) is 72.4 Å². The molecule has 280 valence electrons. The molecular formula is C48H76O2. The van der Waals surface area contributed by atoms with Crippen LogP contribution in [0.5, 0.6) is 0 Å². The number of allylic oxidation sites excluding steroid dienone is 11. The number of ether oxygens (including phenoxy) is 1. The van der Waals surface area contributed by atoms with Crippen LogP contribution < -0.4 is 0 Å². The van der Waals surface area contributed by atoms with Crippen LogP contribution in [0, 0.1) is 52.3 Å². The quantitative estimate of drug-likeness (QED) is 0.0769. The Bertz CT molecular complexity index is 1210. The van der Waals surface area contributed by atoms with Gasteiger partial charge in [0.15, 0.2) is 0 Å². The minimum atomic E-state index is 0.0243. The maximum absolute atomic E-state index is 12.8. The summed E-state index contributed by atoms with van der Waals surface area (Å²) in [7, 11) is 0. The fourth-order valence-electron chi connectivity index (χ4n) is 11.0. The van der Waals surface area contributed by atoms with E-state index < -0.39 is 0 Å². The Morgan fingerprint density at radius 2 is 1.52 bits per heavy atom. The Balaban J connectivity index is 1.16. The van der Waals surface area contributed by atoms with E-state index in [1.807, 2.05) is 0 Å². The van der Waals surface area contributed by atoms with Crippen LogP contribution in [-0.4, -0.2) is 12.1 Å². The minimum absolute atomic E-state index is 0.0243. The molecule has 3 fully saturated rings. The van der Waals surface area contributed by atoms with E-state index in [-0.39, 0.29) is 12.1 Å². The summed E-state index contributed by atoms with van der Waals surface area (Å²) in [4.78, 5) is 12.8. The van der Waals surface area contributed by atoms with Crippen molar-refractivity contribution in [2.24, 2.45) is 52.3 Å². The molecule has 0 spiro atoms. The van der Waals surface area contributed by atoms with Crippen LogP contribution in [0.25, 0.3) is 0 Å². The summed E-state index contributed by atoms with van der Waals surface area (Å²) in [6.45, 7) is 17.0. The first-order valence-corrected chi connectivity index (χ1v) is 21.3. The van der Waals surface area contributed by atoms with Crippen molar-refractivity contribution >= 4 is 5.97 Å². The Kier molecular flexibility index (Phi) is 16.5. The monoisotopic (exact) mass is 685 g/mol. The third-order valence-electron chi connectivity index (χ3n) is 14.0. The molecule has 0 aromatic rings. The van der Waals surface area contributed by atoms with Gasteiger partial charge in [0.25, 0.3) is 0 Å². The van der Waals surface area contributed by atoms with Gasteiger partial charge in [0.1, 0.15) is 6.10 Å². The van der Waals surface area contributed by atoms with Crippen molar-refractivity contribution in [1.29, 1.82) is 0 Å². The van der Waals surface area contributed by atoms with Gasteiger partial charge in [-0.05, 0) is 149 Å². The summed E-state index contributed by atoms with van der Waals surface area (Å²) in [5.41, 5.74) is 2.40. The first kappa shape index (κ1) is 40.7. The van der Waals surface area contributed by atoms with Gasteiger partial charge in [-0.1, -0.05) is 127 Å². The fourth-order valence-corrected chi connectivity index (χ4v) is 11.0. The normalized spacial score (nSPS) is 32.6. The lowest BCUT2D eigenvalue weighted by Crippen LogP contribution is -2.51. The summed E-state index contributed by atoms with van der Waals surface area (Å²) >= 11 is 0. The van der Waals surface area contributed by atoms with E-state index in [4.69, 9.17) is 4.74 Å². The summed E-state index contributed by atoms with van der Waals surface area (Å²) in [5.74, 6) is 5.46. The number of hydrogen-bond acceptors (Lipinski definition) is 2. The predicted octanol–water partition coefficient (Wildman–Crippen LogP) is 14.1. The Morgan fingerprint density at radius 3 is 2.20 bits per heavy atom. The summed E-state index contributed by atoms with van der Waals surface area (Å²) in [6.07, 6.45) is 46.2. The van der Waals surface area contributed by atoms with Gasteiger partial charge in [-0.25, -0.2) is 0 Å². The molecule has 0 heterocycles. The molecule has 4 aliphatic carbocycles. The zero-order chi connectivity index (χ0) is 36.0. The summed E-state index contributed by atoms with van der Waals surface area (Å²) in [5, 5.41) is 0. The predicted molar refractivity (Wildman–Crippen MR) is 216 cm³/mol. The molecule has 50 heavy (non-hydrogen) atoms. The highest BCUT2D eigenvalue weighted by Crippen LogP contribution is 2.67. The molecule has 2 nitrogen and oxygen atoms in total. The number of esters is 1. The first-order valence-electron chi connectivity index (χ1n) is 21.3. The van der Waals surface area contributed by atoms with Crippen molar-refractivity contribution in [3.8, 4) is 0 Å². The van der Waals surface area contributed by atoms with Crippen molar-refractivity contribution < 1.29 is 9.53 Å². The van der Waals surface area contributed by atoms with Crippen LogP contribution >= 0.6 is 0 Å². The molecular weight excluding hydrogens is 609 g/mol. The second kappa shape index (κ2) is 20.2. The molecule has 0 aromatic carbocycles. The second-order valence-electron chi connectivity index (χ2n) is 17.5. The average molecular weight is 685 g/mol. The number of rotatable bonds is 19. The van der Waals surface area contributed by atoms with E-state index >= 15 is 0 Å². The third-order valence-corrected chi connectivity index (χ3v) is 14.0. The number of carbonyl (C=O) groups excluding carboxylic acids is 1. The average Bonchev–Trinajstić information content (AvgIpc) is 3.45. The van der Waals surface area contributed by atoms with Gasteiger partial charge >= 0.3 is 5.97 Å². The van der Waals surface area contributed by atoms with Crippen LogP contribution in [-0.2, 0) is 9.53 Å². The highest BCUT2D eigenvalue weighted by atomic mass is 16.5. The third kappa shape index (κ3) is 10.7. The smallest absolute Gasteiger partial charge is 0.306 e. The topological polar surface area (TPSA) is 26.3 Å². The standard InChI is InChI=1S/C48H76O2/c1-8-10-11-12-13-14-15-16-17-18-19-20-21-22-23-24-25-46(49)50-41-32-34-47(6)40(36-41)28-29-42-44-31-30-43(48(44,7)35-33-45(42)47)38(5)26-27-39(9-2)37(3)4/h10-11,13-14,16-17,19-20,26-28,37-39,41-45H,8-9,12,15,18,21-25,29-36H2,1-7H3/b11-10+,14-13+,17-16+,20-19+,27-26+. The molecule has 3 saturated carbocycles. The van der Waals surface area contributed by atoms with Gasteiger partial charge in [0.2, 0.25) is 0 Å². The van der Waals surface area contributed by atoms with E-state index in [0.717, 1.165) is 93.8 Å². The summed E-state index contributed by atoms with van der Waals surface area (Å²) < 4.78 is 6.12. The van der Waals surface area contributed by atoms with E-state index in [1.165, 1.54) is 44.9 Å². The van der Waals surface area contributed by atoms with Gasteiger partial charge in [-0.15, -0.1) is 0 Å². The molecule has 0 amide bonds. The van der Waals surface area contributed by atoms with Gasteiger partial charge in [-0.2, -0.15) is 0 Å². The molecule has 2 heteroatoms. The van der Waals surface area contributed by atoms with E-state index in [2.05, 4.69) is 115 Å². The maximum atomic E-state index is 12.8. The fraction of sp³-hybridized carbons (Fsp3) is 0.729. The van der Waals surface area contributed by atoms with Crippen LogP contribution in [0.2, 0.25) is 0 Å². The molecule has 9 atom stereocenters. The zero-order valence-corrected chi connectivity index (χ0v) is 33.5. The largest absolute Gasteiger partial charge is 0.462 e. The summed E-state index contributed by atoms with van der Waals surface area (Å²) in [6, 6.07) is 0. The van der Waals surface area contributed by atoms with Crippen LogP contribution in [0.3, 0.4) is 0 Å². The Labute approximate surface area is 309 Å². The van der Waals surface area contributed by atoms with Crippen molar-refractivity contribution in [1.82, 2.24) is 0 Å². The molecule has 0 radical (unpaired) electrons. The molecule has 9 unspecified atom stereocenters. The minimum Gasteiger partial charge on any atom is -0.462 e. The van der Waals surface area contributed by atoms with Crippen LogP contribution in [0.1, 0.15) is 164 Å². The van der Waals surface area contributed by atoms with Crippen LogP contribution in [0.15, 0.2) is 72.4 Å². The molecule has 0 saturated heterocycles. The van der Waals surface area contributed by atoms with Gasteiger partial charge < -0.3 is 4.74 Å². The van der Waals surface area contributed by atoms with E-state index in [0.29, 0.717) is 29.1 Å². The molecule has 0 N–H and O–H groups in total. The van der Waals surface area contributed by atoms with Crippen molar-refractivity contribution in [3.63, 3.8) is 0 Å². The lowest BCUT2D eigenvalue weighted by Gasteiger charge is -2.58. The SMILES string of the molecule is CC/C=C/C/C=C/C/C=C/C/C=C/CCCCCC(=O)OC1CCC2(C)C(=CCC3C2CCC2(C)C(C(C)/C=C/C(CC)C(C)C)CCC32)C1. The number of carbonyl (C=O) groups is 1. The van der Waals surface area contributed by atoms with Gasteiger partial charge in [0.05, 0.1) is 0 Å². The number of unbranched alkanes of at least 4 members (excludes halogenated alkanes) is 3. The van der Waals surface area contributed by atoms with Gasteiger partial charge in [0, 0.05) is 12.8 Å². The number of hydrogen-bond donors (Lipinski definition) is 0. The van der Waals surface area contributed by atoms with Crippen molar-refractivity contribution in [2.75, 3.05) is 0 Å². The first-order chi connectivity index (χ1) is 24.1. The highest BCUT2D eigenvalue weighted by molar-refractivity contribution is 5.69. The second-order valence-corrected chi connectivity index (χ2v) is 17.5. The molecule has 4 rings (SSSR count). The van der Waals surface area contributed by atoms with Crippen LogP contribution in [0.4, 0.5) is 0 Å². The lowest BCUT2D eigenvalue weighted by molar-refractivity contribution is -0.151. The van der Waals surface area contributed by atoms with E-state index in [1.54, 1.807) is 5.57 Å². The number of fused-ring (bicyclic) bond motifs is 5. The molecule has 0 aliphatic heterocycles.